The molecule has 0 aliphatic heterocycles. The Balaban J connectivity index is 1.47. The number of rotatable bonds is 10. The molecule has 2 aromatic heterocycles. The zero-order valence-electron chi connectivity index (χ0n) is 19.6. The average Bonchev–Trinajstić information content (AvgIpc) is 3.44. The van der Waals surface area contributed by atoms with Gasteiger partial charge in [0, 0.05) is 20.0 Å². The predicted octanol–water partition coefficient (Wildman–Crippen LogP) is 2.86. The number of nitrogens with one attached hydrogen (secondary N) is 1. The number of para-hydroxylation sites is 1. The Labute approximate surface area is 202 Å². The number of benzene rings is 1. The summed E-state index contributed by atoms with van der Waals surface area (Å²) >= 11 is 0. The standard InChI is InChI=1S/C22H28N7O5P/c1-14(21(30)31)27-35(32,34-17-7-5-4-6-8-17)33-12-15-9-10-16(11-15)29-13-24-18-19(28(2)3)25-22(23)26-20(18)29/h4-10,13-16H,11-12H2,1-3H3,(H,27,32)(H,30,31)(H2,23,25,26)/t14-,15+,16-,35+/m0/s1. The van der Waals surface area contributed by atoms with Crippen LogP contribution in [-0.2, 0) is 13.9 Å². The summed E-state index contributed by atoms with van der Waals surface area (Å²) in [5, 5.41) is 11.7. The van der Waals surface area contributed by atoms with E-state index in [1.54, 1.807) is 36.7 Å². The van der Waals surface area contributed by atoms with Gasteiger partial charge in [0.2, 0.25) is 5.95 Å². The fourth-order valence-electron chi connectivity index (χ4n) is 3.75. The lowest BCUT2D eigenvalue weighted by Gasteiger charge is -2.23. The molecule has 4 N–H and O–H groups in total. The number of hydrogen-bond donors (Lipinski definition) is 3. The number of carbonyl (C=O) groups is 1. The van der Waals surface area contributed by atoms with Gasteiger partial charge in [0.25, 0.3) is 0 Å². The first-order valence-electron chi connectivity index (χ1n) is 11.0. The number of hydrogen-bond acceptors (Lipinski definition) is 9. The largest absolute Gasteiger partial charge is 0.480 e. The van der Waals surface area contributed by atoms with Gasteiger partial charge in [0.15, 0.2) is 17.0 Å². The van der Waals surface area contributed by atoms with Crippen LogP contribution in [0.4, 0.5) is 11.8 Å². The number of nitrogen functional groups attached to an aromatic ring is 1. The first kappa shape index (κ1) is 24.6. The molecule has 35 heavy (non-hydrogen) atoms. The van der Waals surface area contributed by atoms with Crippen molar-refractivity contribution in [2.75, 3.05) is 31.3 Å². The van der Waals surface area contributed by atoms with Crippen molar-refractivity contribution in [3.05, 3.63) is 48.8 Å². The van der Waals surface area contributed by atoms with E-state index in [9.17, 15) is 14.5 Å². The molecule has 4 atom stereocenters. The van der Waals surface area contributed by atoms with Gasteiger partial charge in [0.05, 0.1) is 19.0 Å². The van der Waals surface area contributed by atoms with E-state index in [-0.39, 0.29) is 24.5 Å². The summed E-state index contributed by atoms with van der Waals surface area (Å²) in [5.41, 5.74) is 7.18. The fraction of sp³-hybridized carbons (Fsp3) is 0.364. The number of imidazole rings is 1. The number of nitrogens with two attached hydrogens (primary N) is 1. The van der Waals surface area contributed by atoms with E-state index in [4.69, 9.17) is 14.8 Å². The summed E-state index contributed by atoms with van der Waals surface area (Å²) in [4.78, 5) is 26.3. The van der Waals surface area contributed by atoms with Crippen molar-refractivity contribution in [2.45, 2.75) is 25.4 Å². The Morgan fingerprint density at radius 3 is 2.74 bits per heavy atom. The monoisotopic (exact) mass is 501 g/mol. The minimum atomic E-state index is -3.97. The highest BCUT2D eigenvalue weighted by molar-refractivity contribution is 7.52. The van der Waals surface area contributed by atoms with Crippen LogP contribution in [0, 0.1) is 5.92 Å². The topological polar surface area (TPSA) is 158 Å². The molecular weight excluding hydrogens is 473 g/mol. The van der Waals surface area contributed by atoms with Gasteiger partial charge < -0.3 is 24.8 Å². The summed E-state index contributed by atoms with van der Waals surface area (Å²) in [6.07, 6.45) is 6.29. The minimum absolute atomic E-state index is 0.0587. The summed E-state index contributed by atoms with van der Waals surface area (Å²) < 4.78 is 26.6. The predicted molar refractivity (Wildman–Crippen MR) is 131 cm³/mol. The van der Waals surface area contributed by atoms with E-state index in [1.165, 1.54) is 6.92 Å². The Bertz CT molecular complexity index is 1280. The van der Waals surface area contributed by atoms with E-state index >= 15 is 0 Å². The smallest absolute Gasteiger partial charge is 0.459 e. The molecule has 0 fully saturated rings. The van der Waals surface area contributed by atoms with Crippen molar-refractivity contribution >= 4 is 36.6 Å². The number of allylic oxidation sites excluding steroid dienone is 1. The number of aliphatic carboxylic acids is 1. The van der Waals surface area contributed by atoms with Crippen LogP contribution in [0.5, 0.6) is 5.75 Å². The molecule has 1 aromatic carbocycles. The van der Waals surface area contributed by atoms with Gasteiger partial charge in [-0.15, -0.1) is 0 Å². The molecular formula is C22H28N7O5P. The number of carboxylic acid groups (broad SMARTS) is 1. The average molecular weight is 501 g/mol. The van der Waals surface area contributed by atoms with Crippen LogP contribution in [0.1, 0.15) is 19.4 Å². The summed E-state index contributed by atoms with van der Waals surface area (Å²) in [6.45, 7) is 1.43. The van der Waals surface area contributed by atoms with Gasteiger partial charge in [0.1, 0.15) is 11.8 Å². The molecule has 0 saturated carbocycles. The minimum Gasteiger partial charge on any atom is -0.480 e. The maximum Gasteiger partial charge on any atom is 0.459 e. The van der Waals surface area contributed by atoms with Crippen LogP contribution in [0.2, 0.25) is 0 Å². The third-order valence-corrected chi connectivity index (χ3v) is 7.14. The maximum absolute atomic E-state index is 13.4. The van der Waals surface area contributed by atoms with Crippen LogP contribution in [0.25, 0.3) is 11.2 Å². The highest BCUT2D eigenvalue weighted by Crippen LogP contribution is 2.46. The van der Waals surface area contributed by atoms with Crippen LogP contribution in [0.15, 0.2) is 48.8 Å². The third-order valence-electron chi connectivity index (χ3n) is 5.50. The molecule has 186 valence electrons. The normalized spacial score (nSPS) is 20.0. The van der Waals surface area contributed by atoms with Gasteiger partial charge in [-0.1, -0.05) is 30.4 Å². The number of carboxylic acids is 1. The molecule has 0 bridgehead atoms. The molecule has 0 spiro atoms. The highest BCUT2D eigenvalue weighted by Gasteiger charge is 2.33. The van der Waals surface area contributed by atoms with E-state index in [2.05, 4.69) is 20.0 Å². The van der Waals surface area contributed by atoms with Crippen LogP contribution < -0.4 is 20.2 Å². The number of fused-ring (bicyclic) bond motifs is 1. The quantitative estimate of drug-likeness (QED) is 0.277. The Morgan fingerprint density at radius 1 is 1.31 bits per heavy atom. The zero-order chi connectivity index (χ0) is 25.2. The lowest BCUT2D eigenvalue weighted by atomic mass is 10.1. The Morgan fingerprint density at radius 2 is 2.06 bits per heavy atom. The van der Waals surface area contributed by atoms with Gasteiger partial charge in [-0.2, -0.15) is 15.1 Å². The van der Waals surface area contributed by atoms with Crippen molar-refractivity contribution < 1.29 is 23.5 Å². The summed E-state index contributed by atoms with van der Waals surface area (Å²) in [5.74, 6) is -0.177. The lowest BCUT2D eigenvalue weighted by Crippen LogP contribution is -2.33. The van der Waals surface area contributed by atoms with Crippen molar-refractivity contribution in [1.82, 2.24) is 24.6 Å². The van der Waals surface area contributed by atoms with E-state index in [0.29, 0.717) is 29.2 Å². The zero-order valence-corrected chi connectivity index (χ0v) is 20.5. The second-order valence-electron chi connectivity index (χ2n) is 8.46. The van der Waals surface area contributed by atoms with Crippen LogP contribution in [-0.4, -0.2) is 57.3 Å². The molecule has 0 saturated heterocycles. The Hall–Kier alpha value is -3.47. The molecule has 2 heterocycles. The number of anilines is 2. The van der Waals surface area contributed by atoms with Crippen LogP contribution in [0.3, 0.4) is 0 Å². The molecule has 0 radical (unpaired) electrons. The van der Waals surface area contributed by atoms with E-state index in [0.717, 1.165) is 0 Å². The first-order valence-corrected chi connectivity index (χ1v) is 12.5. The van der Waals surface area contributed by atoms with Crippen molar-refractivity contribution in [1.29, 1.82) is 0 Å². The highest BCUT2D eigenvalue weighted by atomic mass is 31.2. The second-order valence-corrected chi connectivity index (χ2v) is 10.2. The van der Waals surface area contributed by atoms with E-state index < -0.39 is 19.8 Å². The molecule has 0 unspecified atom stereocenters. The second kappa shape index (κ2) is 10.0. The summed E-state index contributed by atoms with van der Waals surface area (Å²) in [6, 6.07) is 7.26. The molecule has 13 heteroatoms. The Kier molecular flexibility index (Phi) is 7.06. The fourth-order valence-corrected chi connectivity index (χ4v) is 5.30. The SMILES string of the molecule is C[C@H](N[P@@](=O)(OC[C@@H]1C=C[C@H](n2cnc3c(N(C)C)nc(N)nc32)C1)Oc1ccccc1)C(=O)O. The number of nitrogens with zero attached hydrogens (tertiary/aromatic N) is 5. The molecule has 4 rings (SSSR count). The van der Waals surface area contributed by atoms with E-state index in [1.807, 2.05) is 35.7 Å². The maximum atomic E-state index is 13.4. The molecule has 1 aliphatic carbocycles. The summed E-state index contributed by atoms with van der Waals surface area (Å²) in [7, 11) is -0.255. The van der Waals surface area contributed by atoms with Crippen molar-refractivity contribution in [3.63, 3.8) is 0 Å². The molecule has 12 nitrogen and oxygen atoms in total. The lowest BCUT2D eigenvalue weighted by molar-refractivity contribution is -0.138. The molecule has 1 aliphatic rings. The van der Waals surface area contributed by atoms with Crippen molar-refractivity contribution in [3.8, 4) is 5.75 Å². The van der Waals surface area contributed by atoms with Crippen LogP contribution >= 0.6 is 7.75 Å². The molecule has 3 aromatic rings. The third kappa shape index (κ3) is 5.61. The first-order chi connectivity index (χ1) is 16.6. The van der Waals surface area contributed by atoms with Gasteiger partial charge >= 0.3 is 13.7 Å². The van der Waals surface area contributed by atoms with Gasteiger partial charge in [-0.25, -0.2) is 9.55 Å². The van der Waals surface area contributed by atoms with Gasteiger partial charge in [-0.3, -0.25) is 9.32 Å². The van der Waals surface area contributed by atoms with Gasteiger partial charge in [-0.05, 0) is 25.5 Å². The number of aromatic nitrogens is 4. The molecule has 0 amide bonds. The van der Waals surface area contributed by atoms with Crippen molar-refractivity contribution in [2.24, 2.45) is 5.92 Å².